The van der Waals surface area contributed by atoms with E-state index in [0.717, 1.165) is 0 Å². The fraction of sp³-hybridized carbons (Fsp3) is 0.158. The van der Waals surface area contributed by atoms with Crippen molar-refractivity contribution in [3.05, 3.63) is 65.4 Å². The van der Waals surface area contributed by atoms with Gasteiger partial charge in [-0.3, -0.25) is 4.79 Å². The highest BCUT2D eigenvalue weighted by atomic mass is 35.5. The summed E-state index contributed by atoms with van der Waals surface area (Å²) in [6.07, 6.45) is 3.73. The number of hydrogen-bond donors (Lipinski definition) is 1. The molecule has 136 valence electrons. The third-order valence-electron chi connectivity index (χ3n) is 3.66. The van der Waals surface area contributed by atoms with Gasteiger partial charge in [-0.25, -0.2) is 4.98 Å². The van der Waals surface area contributed by atoms with Crippen LogP contribution in [0, 0.1) is 11.3 Å². The number of hydrogen-bond acceptors (Lipinski definition) is 5. The number of nitriles is 1. The van der Waals surface area contributed by atoms with Gasteiger partial charge in [0.2, 0.25) is 5.91 Å². The summed E-state index contributed by atoms with van der Waals surface area (Å²) < 4.78 is 7.00. The molecule has 27 heavy (non-hydrogen) atoms. The van der Waals surface area contributed by atoms with Crippen molar-refractivity contribution in [2.75, 3.05) is 11.9 Å². The number of amides is 1. The molecule has 8 heteroatoms. The zero-order chi connectivity index (χ0) is 19.1. The molecule has 1 N–H and O–H groups in total. The van der Waals surface area contributed by atoms with Crippen LogP contribution in [-0.2, 0) is 4.79 Å². The van der Waals surface area contributed by atoms with Crippen molar-refractivity contribution >= 4 is 23.3 Å². The number of anilines is 1. The lowest BCUT2D eigenvalue weighted by atomic mass is 10.3. The van der Waals surface area contributed by atoms with E-state index in [0.29, 0.717) is 35.4 Å². The molecule has 0 aliphatic heterocycles. The first-order chi connectivity index (χ1) is 13.2. The van der Waals surface area contributed by atoms with E-state index in [4.69, 9.17) is 16.3 Å². The van der Waals surface area contributed by atoms with E-state index < -0.39 is 0 Å². The number of benzene rings is 1. The maximum Gasteiger partial charge on any atom is 0.225 e. The Kier molecular flexibility index (Phi) is 6.02. The van der Waals surface area contributed by atoms with Gasteiger partial charge in [-0.15, -0.1) is 0 Å². The van der Waals surface area contributed by atoms with Crippen LogP contribution in [0.3, 0.4) is 0 Å². The molecule has 1 aromatic carbocycles. The van der Waals surface area contributed by atoms with E-state index in [9.17, 15) is 10.1 Å². The van der Waals surface area contributed by atoms with Gasteiger partial charge in [-0.2, -0.15) is 15.0 Å². The lowest BCUT2D eigenvalue weighted by Crippen LogP contribution is -2.17. The summed E-state index contributed by atoms with van der Waals surface area (Å²) in [5.74, 6) is 1.15. The van der Waals surface area contributed by atoms with Crippen LogP contribution in [0.4, 0.5) is 5.82 Å². The number of carbonyl (C=O) groups excluding carboxylic acids is 1. The predicted octanol–water partition coefficient (Wildman–Crippen LogP) is 3.59. The third kappa shape index (κ3) is 4.63. The number of para-hydroxylation sites is 1. The Balaban J connectivity index is 1.59. The van der Waals surface area contributed by atoms with Gasteiger partial charge in [0.1, 0.15) is 17.4 Å². The molecule has 0 spiro atoms. The predicted molar refractivity (Wildman–Crippen MR) is 101 cm³/mol. The Morgan fingerprint density at radius 1 is 1.26 bits per heavy atom. The summed E-state index contributed by atoms with van der Waals surface area (Å²) in [5, 5.41) is 16.6. The Hall–Kier alpha value is -3.37. The minimum absolute atomic E-state index is 0.225. The largest absolute Gasteiger partial charge is 0.492 e. The molecule has 1 amide bonds. The van der Waals surface area contributed by atoms with Crippen molar-refractivity contribution in [1.29, 1.82) is 5.26 Å². The van der Waals surface area contributed by atoms with Gasteiger partial charge in [0, 0.05) is 12.6 Å². The number of carbonyl (C=O) groups is 1. The Morgan fingerprint density at radius 2 is 2.07 bits per heavy atom. The molecule has 2 heterocycles. The van der Waals surface area contributed by atoms with Crippen LogP contribution in [0.25, 0.3) is 5.82 Å². The molecule has 0 unspecified atom stereocenters. The van der Waals surface area contributed by atoms with Gasteiger partial charge in [0.15, 0.2) is 11.6 Å². The van der Waals surface area contributed by atoms with E-state index in [1.165, 1.54) is 10.9 Å². The Labute approximate surface area is 161 Å². The lowest BCUT2D eigenvalue weighted by Gasteiger charge is -2.10. The summed E-state index contributed by atoms with van der Waals surface area (Å²) in [5.41, 5.74) is 0.265. The number of nitrogens with one attached hydrogen (secondary N) is 1. The minimum Gasteiger partial charge on any atom is -0.492 e. The van der Waals surface area contributed by atoms with E-state index in [2.05, 4.69) is 15.4 Å². The first-order valence-electron chi connectivity index (χ1n) is 8.25. The van der Waals surface area contributed by atoms with E-state index in [1.54, 1.807) is 36.5 Å². The molecular weight excluding hydrogens is 366 g/mol. The zero-order valence-electron chi connectivity index (χ0n) is 14.3. The summed E-state index contributed by atoms with van der Waals surface area (Å²) in [6.45, 7) is 0.349. The van der Waals surface area contributed by atoms with Crippen molar-refractivity contribution in [1.82, 2.24) is 14.8 Å². The molecular formula is C19H16ClN5O2. The smallest absolute Gasteiger partial charge is 0.225 e. The van der Waals surface area contributed by atoms with Gasteiger partial charge < -0.3 is 10.1 Å². The maximum absolute atomic E-state index is 12.3. The van der Waals surface area contributed by atoms with Gasteiger partial charge in [0.25, 0.3) is 0 Å². The molecule has 3 rings (SSSR count). The number of nitrogens with zero attached hydrogens (tertiary/aromatic N) is 4. The fourth-order valence-corrected chi connectivity index (χ4v) is 2.56. The Bertz CT molecular complexity index is 966. The Morgan fingerprint density at radius 3 is 2.81 bits per heavy atom. The van der Waals surface area contributed by atoms with Crippen LogP contribution in [-0.4, -0.2) is 27.3 Å². The van der Waals surface area contributed by atoms with Crippen molar-refractivity contribution in [2.45, 2.75) is 12.8 Å². The number of rotatable bonds is 7. The van der Waals surface area contributed by atoms with Crippen LogP contribution >= 0.6 is 11.6 Å². The maximum atomic E-state index is 12.3. The molecule has 0 fully saturated rings. The van der Waals surface area contributed by atoms with Gasteiger partial charge in [0.05, 0.1) is 17.8 Å². The molecule has 2 aromatic heterocycles. The molecule has 0 bridgehead atoms. The number of aromatic nitrogens is 3. The highest BCUT2D eigenvalue weighted by Crippen LogP contribution is 2.23. The summed E-state index contributed by atoms with van der Waals surface area (Å²) >= 11 is 6.02. The van der Waals surface area contributed by atoms with E-state index in [1.807, 2.05) is 18.2 Å². The van der Waals surface area contributed by atoms with Crippen molar-refractivity contribution in [2.24, 2.45) is 0 Å². The lowest BCUT2D eigenvalue weighted by molar-refractivity contribution is -0.116. The van der Waals surface area contributed by atoms with Crippen LogP contribution in [0.2, 0.25) is 5.02 Å². The topological polar surface area (TPSA) is 92.8 Å². The normalized spacial score (nSPS) is 10.2. The van der Waals surface area contributed by atoms with Gasteiger partial charge >= 0.3 is 0 Å². The monoisotopic (exact) mass is 381 g/mol. The van der Waals surface area contributed by atoms with Crippen LogP contribution in [0.1, 0.15) is 18.4 Å². The second kappa shape index (κ2) is 8.83. The molecule has 0 atom stereocenters. The second-order valence-corrected chi connectivity index (χ2v) is 5.96. The summed E-state index contributed by atoms with van der Waals surface area (Å²) in [7, 11) is 0. The zero-order valence-corrected chi connectivity index (χ0v) is 15.1. The summed E-state index contributed by atoms with van der Waals surface area (Å²) in [4.78, 5) is 16.5. The standard InChI is InChI=1S/C19H16ClN5O2/c20-15-6-1-2-7-16(15)27-11-5-9-18(26)24-19-14(12-21)13-23-25(19)17-8-3-4-10-22-17/h1-4,6-8,10,13H,5,9,11H2,(H,24,26). The molecule has 3 aromatic rings. The molecule has 0 radical (unpaired) electrons. The van der Waals surface area contributed by atoms with Crippen molar-refractivity contribution in [3.8, 4) is 17.6 Å². The third-order valence-corrected chi connectivity index (χ3v) is 3.97. The fourth-order valence-electron chi connectivity index (χ4n) is 2.37. The highest BCUT2D eigenvalue weighted by molar-refractivity contribution is 6.32. The number of halogens is 1. The minimum atomic E-state index is -0.244. The molecule has 0 saturated heterocycles. The van der Waals surface area contributed by atoms with E-state index in [-0.39, 0.29) is 17.9 Å². The van der Waals surface area contributed by atoms with Gasteiger partial charge in [-0.05, 0) is 30.7 Å². The molecule has 0 saturated carbocycles. The highest BCUT2D eigenvalue weighted by Gasteiger charge is 2.15. The quantitative estimate of drug-likeness (QED) is 0.631. The average Bonchev–Trinajstić information content (AvgIpc) is 3.09. The number of ether oxygens (including phenoxy) is 1. The van der Waals surface area contributed by atoms with Crippen LogP contribution in [0.5, 0.6) is 5.75 Å². The van der Waals surface area contributed by atoms with Gasteiger partial charge in [-0.1, -0.05) is 29.8 Å². The SMILES string of the molecule is N#Cc1cnn(-c2ccccn2)c1NC(=O)CCCOc1ccccc1Cl. The average molecular weight is 382 g/mol. The first-order valence-corrected chi connectivity index (χ1v) is 8.63. The molecule has 7 nitrogen and oxygen atoms in total. The first kappa shape index (κ1) is 18.4. The number of pyridine rings is 1. The van der Waals surface area contributed by atoms with Crippen molar-refractivity contribution < 1.29 is 9.53 Å². The summed E-state index contributed by atoms with van der Waals surface area (Å²) in [6, 6.07) is 14.5. The van der Waals surface area contributed by atoms with Crippen LogP contribution < -0.4 is 10.1 Å². The van der Waals surface area contributed by atoms with Crippen molar-refractivity contribution in [3.63, 3.8) is 0 Å². The molecule has 0 aliphatic rings. The van der Waals surface area contributed by atoms with Crippen LogP contribution in [0.15, 0.2) is 54.9 Å². The second-order valence-electron chi connectivity index (χ2n) is 5.55. The van der Waals surface area contributed by atoms with E-state index >= 15 is 0 Å². The molecule has 0 aliphatic carbocycles.